The maximum absolute atomic E-state index is 10.5. The third-order valence-electron chi connectivity index (χ3n) is 5.32. The molecule has 1 aliphatic rings. The van der Waals surface area contributed by atoms with Crippen molar-refractivity contribution in [2.24, 2.45) is 17.6 Å². The van der Waals surface area contributed by atoms with E-state index < -0.39 is 5.97 Å². The highest BCUT2D eigenvalue weighted by Crippen LogP contribution is 2.28. The summed E-state index contributed by atoms with van der Waals surface area (Å²) in [5.74, 6) is 0.954. The number of hydrogen-bond acceptors (Lipinski definition) is 6. The van der Waals surface area contributed by atoms with Gasteiger partial charge in [0.05, 0.1) is 35.4 Å². The van der Waals surface area contributed by atoms with Crippen LogP contribution in [-0.4, -0.2) is 31.5 Å². The molecular formula is C26H36ClN3O4. The third-order valence-corrected chi connectivity index (χ3v) is 5.64. The molecule has 0 radical (unpaired) electrons. The van der Waals surface area contributed by atoms with Crippen LogP contribution in [0.25, 0.3) is 0 Å². The molecule has 2 aromatic carbocycles. The Bertz CT molecular complexity index is 936. The fraction of sp³-hybridized carbons (Fsp3) is 0.423. The zero-order valence-corrected chi connectivity index (χ0v) is 21.1. The van der Waals surface area contributed by atoms with E-state index in [1.54, 1.807) is 25.3 Å². The summed E-state index contributed by atoms with van der Waals surface area (Å²) in [6.45, 7) is 4.23. The van der Waals surface area contributed by atoms with Gasteiger partial charge >= 0.3 is 5.97 Å². The molecule has 8 heteroatoms. The van der Waals surface area contributed by atoms with Gasteiger partial charge in [0, 0.05) is 5.56 Å². The number of rotatable bonds is 4. The molecule has 0 aliphatic heterocycles. The molecule has 7 nitrogen and oxygen atoms in total. The lowest BCUT2D eigenvalue weighted by molar-refractivity contribution is -0.143. The fourth-order valence-electron chi connectivity index (χ4n) is 3.25. The first-order valence-corrected chi connectivity index (χ1v) is 11.5. The van der Waals surface area contributed by atoms with Crippen LogP contribution in [0.15, 0.2) is 36.4 Å². The lowest BCUT2D eigenvalue weighted by atomic mass is 9.83. The Hall–Kier alpha value is -3.08. The van der Waals surface area contributed by atoms with Crippen LogP contribution in [0, 0.1) is 23.2 Å². The molecule has 0 spiro atoms. The number of nitrogens with zero attached hydrogens (tertiary/aromatic N) is 1. The summed E-state index contributed by atoms with van der Waals surface area (Å²) in [4.78, 5) is 20.6. The average Bonchev–Trinajstić information content (AvgIpc) is 2.87. The van der Waals surface area contributed by atoms with E-state index in [2.05, 4.69) is 18.7 Å². The van der Waals surface area contributed by atoms with Crippen LogP contribution in [-0.2, 0) is 11.2 Å². The Morgan fingerprint density at radius 3 is 2.26 bits per heavy atom. The average molecular weight is 490 g/mol. The van der Waals surface area contributed by atoms with Crippen molar-refractivity contribution >= 4 is 29.5 Å². The van der Waals surface area contributed by atoms with E-state index in [0.29, 0.717) is 21.8 Å². The summed E-state index contributed by atoms with van der Waals surface area (Å²) < 4.78 is 5.13. The molecule has 1 aliphatic carbocycles. The Morgan fingerprint density at radius 2 is 1.82 bits per heavy atom. The minimum Gasteiger partial charge on any atom is -0.496 e. The number of nitriles is 1. The second-order valence-corrected chi connectivity index (χ2v) is 8.09. The van der Waals surface area contributed by atoms with Crippen LogP contribution in [0.3, 0.4) is 0 Å². The SMILES string of the molecule is CC1CCC(C(=O)O)CC1.CCc1cc(C#N)ccc1OC.CN.Nc1ccc(C=O)cc1Cl. The predicted molar refractivity (Wildman–Crippen MR) is 137 cm³/mol. The molecule has 2 aromatic rings. The minimum absolute atomic E-state index is 0.0452. The molecule has 0 aromatic heterocycles. The summed E-state index contributed by atoms with van der Waals surface area (Å²) in [6, 6.07) is 12.3. The van der Waals surface area contributed by atoms with Gasteiger partial charge in [-0.05, 0) is 87.0 Å². The predicted octanol–water partition coefficient (Wildman–Crippen LogP) is 5.34. The van der Waals surface area contributed by atoms with Gasteiger partial charge in [-0.1, -0.05) is 25.4 Å². The number of aldehydes is 1. The molecular weight excluding hydrogens is 454 g/mol. The molecule has 34 heavy (non-hydrogen) atoms. The highest BCUT2D eigenvalue weighted by molar-refractivity contribution is 6.33. The van der Waals surface area contributed by atoms with Crippen LogP contribution in [0.5, 0.6) is 5.75 Å². The molecule has 0 bridgehead atoms. The number of carboxylic acids is 1. The van der Waals surface area contributed by atoms with E-state index >= 15 is 0 Å². The zero-order chi connectivity index (χ0) is 26.1. The van der Waals surface area contributed by atoms with E-state index in [1.165, 1.54) is 13.1 Å². The Labute approximate surface area is 207 Å². The Balaban J connectivity index is 0.000000465. The van der Waals surface area contributed by atoms with Gasteiger partial charge in [-0.3, -0.25) is 9.59 Å². The van der Waals surface area contributed by atoms with Gasteiger partial charge in [0.25, 0.3) is 0 Å². The first-order chi connectivity index (χ1) is 16.2. The number of benzene rings is 2. The van der Waals surface area contributed by atoms with Crippen molar-refractivity contribution in [2.75, 3.05) is 19.9 Å². The van der Waals surface area contributed by atoms with Gasteiger partial charge in [-0.2, -0.15) is 5.26 Å². The van der Waals surface area contributed by atoms with Gasteiger partial charge in [-0.15, -0.1) is 0 Å². The smallest absolute Gasteiger partial charge is 0.306 e. The highest BCUT2D eigenvalue weighted by Gasteiger charge is 2.23. The first-order valence-electron chi connectivity index (χ1n) is 11.1. The third kappa shape index (κ3) is 11.2. The molecule has 0 heterocycles. The maximum atomic E-state index is 10.5. The molecule has 0 atom stereocenters. The monoisotopic (exact) mass is 489 g/mol. The number of carbonyl (C=O) groups excluding carboxylic acids is 1. The number of carboxylic acid groups (broad SMARTS) is 1. The molecule has 3 rings (SSSR count). The largest absolute Gasteiger partial charge is 0.496 e. The van der Waals surface area contributed by atoms with Gasteiger partial charge in [0.2, 0.25) is 0 Å². The number of aliphatic carboxylic acids is 1. The van der Waals surface area contributed by atoms with Gasteiger partial charge in [-0.25, -0.2) is 0 Å². The van der Waals surface area contributed by atoms with Gasteiger partial charge in [0.15, 0.2) is 0 Å². The second kappa shape index (κ2) is 17.4. The van der Waals surface area contributed by atoms with Crippen molar-refractivity contribution in [1.82, 2.24) is 0 Å². The summed E-state index contributed by atoms with van der Waals surface area (Å²) in [5, 5.41) is 17.7. The summed E-state index contributed by atoms with van der Waals surface area (Å²) in [6.07, 6.45) is 5.57. The summed E-state index contributed by atoms with van der Waals surface area (Å²) >= 11 is 5.61. The van der Waals surface area contributed by atoms with Crippen LogP contribution in [0.2, 0.25) is 5.02 Å². The van der Waals surface area contributed by atoms with Crippen molar-refractivity contribution in [1.29, 1.82) is 5.26 Å². The number of aryl methyl sites for hydroxylation is 1. The van der Waals surface area contributed by atoms with Crippen molar-refractivity contribution in [2.45, 2.75) is 46.0 Å². The maximum Gasteiger partial charge on any atom is 0.306 e. The first kappa shape index (κ1) is 30.9. The van der Waals surface area contributed by atoms with Crippen molar-refractivity contribution in [3.8, 4) is 11.8 Å². The number of halogens is 1. The molecule has 5 N–H and O–H groups in total. The number of ether oxygens (including phenoxy) is 1. The quantitative estimate of drug-likeness (QED) is 0.389. The minimum atomic E-state index is -0.605. The van der Waals surface area contributed by atoms with E-state index in [4.69, 9.17) is 32.4 Å². The fourth-order valence-corrected chi connectivity index (χ4v) is 3.44. The topological polar surface area (TPSA) is 139 Å². The standard InChI is InChI=1S/C10H11NO.C8H14O2.C7H6ClNO.CH5N/c1-3-9-6-8(7-11)4-5-10(9)12-2;1-6-2-4-7(5-3-6)8(9)10;8-6-3-5(4-10)1-2-7(6)9;1-2/h4-6H,3H2,1-2H3;6-7H,2-5H2,1H3,(H,9,10);1-4H,9H2;2H2,1H3. The molecule has 186 valence electrons. The number of anilines is 1. The second-order valence-electron chi connectivity index (χ2n) is 7.69. The van der Waals surface area contributed by atoms with E-state index in [0.717, 1.165) is 55.6 Å². The normalized spacial score (nSPS) is 16.0. The Morgan fingerprint density at radius 1 is 1.21 bits per heavy atom. The lowest BCUT2D eigenvalue weighted by Crippen LogP contribution is -2.19. The lowest BCUT2D eigenvalue weighted by Gasteiger charge is -2.22. The van der Waals surface area contributed by atoms with Gasteiger partial charge in [0.1, 0.15) is 12.0 Å². The molecule has 1 saturated carbocycles. The van der Waals surface area contributed by atoms with E-state index in [1.807, 2.05) is 19.1 Å². The summed E-state index contributed by atoms with van der Waals surface area (Å²) in [7, 11) is 3.14. The molecule has 0 amide bonds. The van der Waals surface area contributed by atoms with Crippen LogP contribution in [0.1, 0.15) is 61.0 Å². The van der Waals surface area contributed by atoms with Crippen LogP contribution < -0.4 is 16.2 Å². The van der Waals surface area contributed by atoms with E-state index in [-0.39, 0.29) is 5.92 Å². The van der Waals surface area contributed by atoms with Crippen LogP contribution >= 0.6 is 11.6 Å². The van der Waals surface area contributed by atoms with Gasteiger partial charge < -0.3 is 21.3 Å². The van der Waals surface area contributed by atoms with Crippen molar-refractivity contribution < 1.29 is 19.4 Å². The van der Waals surface area contributed by atoms with Crippen LogP contribution in [0.4, 0.5) is 5.69 Å². The number of nitrogen functional groups attached to an aromatic ring is 1. The number of nitrogens with two attached hydrogens (primary N) is 2. The van der Waals surface area contributed by atoms with Crippen molar-refractivity contribution in [3.05, 3.63) is 58.1 Å². The number of hydrogen-bond donors (Lipinski definition) is 3. The van der Waals surface area contributed by atoms with E-state index in [9.17, 15) is 9.59 Å². The summed E-state index contributed by atoms with van der Waals surface area (Å²) in [5.41, 5.74) is 12.7. The molecule has 0 unspecified atom stereocenters. The zero-order valence-electron chi connectivity index (χ0n) is 20.4. The number of methoxy groups -OCH3 is 1. The van der Waals surface area contributed by atoms with Crippen molar-refractivity contribution in [3.63, 3.8) is 0 Å². The molecule has 1 fully saturated rings. The number of carbonyl (C=O) groups is 2. The molecule has 0 saturated heterocycles. The highest BCUT2D eigenvalue weighted by atomic mass is 35.5. The Kier molecular flexibility index (Phi) is 15.8.